The van der Waals surface area contributed by atoms with Gasteiger partial charge >= 0.3 is 0 Å². The molecule has 0 saturated heterocycles. The molecule has 1 aliphatic rings. The first-order valence-electron chi connectivity index (χ1n) is 7.29. The quantitative estimate of drug-likeness (QED) is 0.908. The SMILES string of the molecule is CCCN(C1CCC(N)CC1)S(=O)(=O)c1ccc(C)s1. The molecule has 1 fully saturated rings. The maximum atomic E-state index is 12.8. The van der Waals surface area contributed by atoms with Crippen LogP contribution in [0.3, 0.4) is 0 Å². The molecule has 20 heavy (non-hydrogen) atoms. The van der Waals surface area contributed by atoms with Crippen LogP contribution in [0.2, 0.25) is 0 Å². The number of sulfonamides is 1. The molecule has 0 spiro atoms. The van der Waals surface area contributed by atoms with Crippen LogP contribution in [-0.2, 0) is 10.0 Å². The van der Waals surface area contributed by atoms with Gasteiger partial charge in [-0.1, -0.05) is 6.92 Å². The van der Waals surface area contributed by atoms with Gasteiger partial charge < -0.3 is 5.73 Å². The molecule has 0 radical (unpaired) electrons. The average molecular weight is 316 g/mol. The van der Waals surface area contributed by atoms with Crippen LogP contribution in [0.4, 0.5) is 0 Å². The lowest BCUT2D eigenvalue weighted by Crippen LogP contribution is -2.44. The molecule has 0 amide bonds. The molecule has 1 aromatic heterocycles. The number of thiophene rings is 1. The van der Waals surface area contributed by atoms with Gasteiger partial charge in [0, 0.05) is 23.5 Å². The molecule has 1 aromatic rings. The lowest BCUT2D eigenvalue weighted by Gasteiger charge is -2.34. The van der Waals surface area contributed by atoms with Crippen molar-refractivity contribution in [3.63, 3.8) is 0 Å². The summed E-state index contributed by atoms with van der Waals surface area (Å²) >= 11 is 1.36. The van der Waals surface area contributed by atoms with Gasteiger partial charge in [-0.05, 0) is 51.2 Å². The molecule has 1 saturated carbocycles. The third-order valence-electron chi connectivity index (χ3n) is 3.87. The Hall–Kier alpha value is -0.430. The first kappa shape index (κ1) is 15.9. The molecule has 0 aliphatic heterocycles. The van der Waals surface area contributed by atoms with Crippen molar-refractivity contribution < 1.29 is 8.42 Å². The minimum Gasteiger partial charge on any atom is -0.328 e. The largest absolute Gasteiger partial charge is 0.328 e. The Morgan fingerprint density at radius 2 is 1.95 bits per heavy atom. The second kappa shape index (κ2) is 6.56. The van der Waals surface area contributed by atoms with Gasteiger partial charge in [0.2, 0.25) is 0 Å². The van der Waals surface area contributed by atoms with E-state index >= 15 is 0 Å². The Morgan fingerprint density at radius 1 is 1.30 bits per heavy atom. The van der Waals surface area contributed by atoms with Crippen molar-refractivity contribution in [2.75, 3.05) is 6.54 Å². The van der Waals surface area contributed by atoms with Crippen LogP contribution in [0.1, 0.15) is 43.9 Å². The standard InChI is InChI=1S/C14H24N2O2S2/c1-3-10-16(13-7-5-12(15)6-8-13)20(17,18)14-9-4-11(2)19-14/h4,9,12-13H,3,5-8,10,15H2,1-2H3. The van der Waals surface area contributed by atoms with Crippen molar-refractivity contribution in [1.82, 2.24) is 4.31 Å². The van der Waals surface area contributed by atoms with E-state index in [4.69, 9.17) is 5.73 Å². The molecule has 6 heteroatoms. The van der Waals surface area contributed by atoms with Gasteiger partial charge in [-0.25, -0.2) is 8.42 Å². The van der Waals surface area contributed by atoms with Gasteiger partial charge in [0.05, 0.1) is 0 Å². The zero-order chi connectivity index (χ0) is 14.8. The summed E-state index contributed by atoms with van der Waals surface area (Å²) in [4.78, 5) is 1.03. The minimum absolute atomic E-state index is 0.113. The third kappa shape index (κ3) is 3.42. The van der Waals surface area contributed by atoms with Crippen LogP contribution in [0.25, 0.3) is 0 Å². The summed E-state index contributed by atoms with van der Waals surface area (Å²) in [7, 11) is -3.35. The molecule has 0 bridgehead atoms. The van der Waals surface area contributed by atoms with E-state index in [0.717, 1.165) is 37.0 Å². The molecular formula is C14H24N2O2S2. The Morgan fingerprint density at radius 3 is 2.45 bits per heavy atom. The molecular weight excluding hydrogens is 292 g/mol. The second-order valence-electron chi connectivity index (χ2n) is 5.55. The first-order chi connectivity index (χ1) is 9.45. The number of hydrogen-bond acceptors (Lipinski definition) is 4. The summed E-state index contributed by atoms with van der Waals surface area (Å²) in [6.45, 7) is 4.56. The van der Waals surface area contributed by atoms with Crippen molar-refractivity contribution in [3.05, 3.63) is 17.0 Å². The Kier molecular flexibility index (Phi) is 5.23. The number of rotatable bonds is 5. The van der Waals surface area contributed by atoms with Gasteiger partial charge in [-0.2, -0.15) is 4.31 Å². The smallest absolute Gasteiger partial charge is 0.252 e. The van der Waals surface area contributed by atoms with Crippen molar-refractivity contribution in [2.24, 2.45) is 5.73 Å². The van der Waals surface area contributed by atoms with Crippen LogP contribution in [-0.4, -0.2) is 31.4 Å². The number of hydrogen-bond donors (Lipinski definition) is 1. The van der Waals surface area contributed by atoms with Crippen LogP contribution >= 0.6 is 11.3 Å². The highest BCUT2D eigenvalue weighted by Crippen LogP contribution is 2.30. The molecule has 1 heterocycles. The number of nitrogens with zero attached hydrogens (tertiary/aromatic N) is 1. The third-order valence-corrected chi connectivity index (χ3v) is 7.29. The molecule has 0 aromatic carbocycles. The van der Waals surface area contributed by atoms with Gasteiger partial charge in [-0.3, -0.25) is 0 Å². The van der Waals surface area contributed by atoms with E-state index in [0.29, 0.717) is 10.8 Å². The fourth-order valence-corrected chi connectivity index (χ4v) is 5.96. The van der Waals surface area contributed by atoms with E-state index < -0.39 is 10.0 Å². The van der Waals surface area contributed by atoms with Gasteiger partial charge in [0.15, 0.2) is 0 Å². The van der Waals surface area contributed by atoms with Crippen LogP contribution in [0.5, 0.6) is 0 Å². The van der Waals surface area contributed by atoms with Gasteiger partial charge in [-0.15, -0.1) is 11.3 Å². The zero-order valence-corrected chi connectivity index (χ0v) is 13.8. The molecule has 1 aliphatic carbocycles. The fourth-order valence-electron chi connectivity index (χ4n) is 2.78. The summed E-state index contributed by atoms with van der Waals surface area (Å²) < 4.78 is 27.8. The number of nitrogens with two attached hydrogens (primary N) is 1. The highest BCUT2D eigenvalue weighted by molar-refractivity contribution is 7.91. The number of aryl methyl sites for hydroxylation is 1. The van der Waals surface area contributed by atoms with E-state index in [-0.39, 0.29) is 12.1 Å². The predicted octanol–water partition coefficient (Wildman–Crippen LogP) is 2.73. The van der Waals surface area contributed by atoms with Gasteiger partial charge in [0.25, 0.3) is 10.0 Å². The molecule has 114 valence electrons. The first-order valence-corrected chi connectivity index (χ1v) is 9.54. The van der Waals surface area contributed by atoms with E-state index in [1.165, 1.54) is 11.3 Å². The maximum Gasteiger partial charge on any atom is 0.252 e. The van der Waals surface area contributed by atoms with E-state index in [1.54, 1.807) is 10.4 Å². The second-order valence-corrected chi connectivity index (χ2v) is 8.95. The molecule has 0 unspecified atom stereocenters. The fraction of sp³-hybridized carbons (Fsp3) is 0.714. The lowest BCUT2D eigenvalue weighted by atomic mass is 9.92. The Balaban J connectivity index is 2.23. The summed E-state index contributed by atoms with van der Waals surface area (Å²) in [5, 5.41) is 0. The summed E-state index contributed by atoms with van der Waals surface area (Å²) in [6.07, 6.45) is 4.44. The normalized spacial score (nSPS) is 24.2. The Bertz CT molecular complexity index is 531. The zero-order valence-electron chi connectivity index (χ0n) is 12.2. The van der Waals surface area contributed by atoms with Crippen molar-refractivity contribution >= 4 is 21.4 Å². The van der Waals surface area contributed by atoms with Crippen molar-refractivity contribution in [2.45, 2.75) is 62.2 Å². The molecule has 4 nitrogen and oxygen atoms in total. The summed E-state index contributed by atoms with van der Waals surface area (Å²) in [6, 6.07) is 3.95. The van der Waals surface area contributed by atoms with E-state index in [1.807, 2.05) is 19.9 Å². The van der Waals surface area contributed by atoms with E-state index in [2.05, 4.69) is 0 Å². The topological polar surface area (TPSA) is 63.4 Å². The molecule has 0 atom stereocenters. The summed E-state index contributed by atoms with van der Waals surface area (Å²) in [5.74, 6) is 0. The van der Waals surface area contributed by atoms with Crippen molar-refractivity contribution in [3.8, 4) is 0 Å². The average Bonchev–Trinajstić information content (AvgIpc) is 2.84. The minimum atomic E-state index is -3.35. The van der Waals surface area contributed by atoms with Crippen LogP contribution in [0, 0.1) is 6.92 Å². The van der Waals surface area contributed by atoms with Gasteiger partial charge in [0.1, 0.15) is 4.21 Å². The summed E-state index contributed by atoms with van der Waals surface area (Å²) in [5.41, 5.74) is 5.93. The van der Waals surface area contributed by atoms with Crippen LogP contribution in [0.15, 0.2) is 16.3 Å². The highest BCUT2D eigenvalue weighted by atomic mass is 32.2. The predicted molar refractivity (Wildman–Crippen MR) is 83.5 cm³/mol. The van der Waals surface area contributed by atoms with E-state index in [9.17, 15) is 8.42 Å². The molecule has 2 N–H and O–H groups in total. The Labute approximate surface area is 126 Å². The lowest BCUT2D eigenvalue weighted by molar-refractivity contribution is 0.240. The molecule has 2 rings (SSSR count). The maximum absolute atomic E-state index is 12.8. The van der Waals surface area contributed by atoms with Crippen LogP contribution < -0.4 is 5.73 Å². The van der Waals surface area contributed by atoms with Crippen molar-refractivity contribution in [1.29, 1.82) is 0 Å². The monoisotopic (exact) mass is 316 g/mol. The highest BCUT2D eigenvalue weighted by Gasteiger charge is 2.33.